The number of halogens is 2. The first-order valence-corrected chi connectivity index (χ1v) is 13.6. The number of furan rings is 1. The van der Waals surface area contributed by atoms with Crippen molar-refractivity contribution >= 4 is 45.8 Å². The Morgan fingerprint density at radius 2 is 2.05 bits per heavy atom. The van der Waals surface area contributed by atoms with Gasteiger partial charge in [0.15, 0.2) is 0 Å². The summed E-state index contributed by atoms with van der Waals surface area (Å²) in [7, 11) is 0. The quantitative estimate of drug-likeness (QED) is 0.130. The van der Waals surface area contributed by atoms with Crippen LogP contribution in [0.1, 0.15) is 5.76 Å². The molecule has 0 atom stereocenters. The van der Waals surface area contributed by atoms with Crippen molar-refractivity contribution in [1.29, 1.82) is 0 Å². The third kappa shape index (κ3) is 7.25. The average Bonchev–Trinajstić information content (AvgIpc) is 3.38. The van der Waals surface area contributed by atoms with Crippen LogP contribution in [0.4, 0.5) is 15.9 Å². The van der Waals surface area contributed by atoms with E-state index in [0.717, 1.165) is 46.0 Å². The van der Waals surface area contributed by atoms with Crippen LogP contribution in [0.3, 0.4) is 0 Å². The van der Waals surface area contributed by atoms with Crippen molar-refractivity contribution < 1.29 is 13.5 Å². The second-order valence-corrected chi connectivity index (χ2v) is 9.71. The number of rotatable bonds is 13. The fourth-order valence-electron chi connectivity index (χ4n) is 3.68. The Morgan fingerprint density at radius 3 is 2.82 bits per heavy atom. The molecule has 0 aliphatic heterocycles. The third-order valence-corrected chi connectivity index (χ3v) is 6.46. The van der Waals surface area contributed by atoms with Crippen molar-refractivity contribution in [3.8, 4) is 17.1 Å². The monoisotopic (exact) mass is 550 g/mol. The van der Waals surface area contributed by atoms with Crippen LogP contribution in [-0.2, 0) is 6.54 Å². The number of fused-ring (bicyclic) bond motifs is 1. The Balaban J connectivity index is 1.51. The Bertz CT molecular complexity index is 1470. The maximum Gasteiger partial charge on any atom is 0.141 e. The van der Waals surface area contributed by atoms with Gasteiger partial charge in [0.25, 0.3) is 0 Å². The first-order chi connectivity index (χ1) is 18.5. The smallest absolute Gasteiger partial charge is 0.141 e. The minimum atomic E-state index is -0.569. The molecule has 0 aliphatic carbocycles. The molecular weight excluding hydrogens is 523 g/mol. The summed E-state index contributed by atoms with van der Waals surface area (Å²) in [5, 5.41) is 7.93. The zero-order chi connectivity index (χ0) is 26.9. The second-order valence-electron chi connectivity index (χ2n) is 8.32. The van der Waals surface area contributed by atoms with Crippen LogP contribution < -0.4 is 15.4 Å². The van der Waals surface area contributed by atoms with E-state index in [4.69, 9.17) is 20.8 Å². The molecule has 6 nitrogen and oxygen atoms in total. The number of benzene rings is 2. The normalized spacial score (nSPS) is 11.5. The highest BCUT2D eigenvalue weighted by atomic mass is 35.5. The molecule has 38 heavy (non-hydrogen) atoms. The lowest BCUT2D eigenvalue weighted by Gasteiger charge is -2.12. The van der Waals surface area contributed by atoms with Crippen LogP contribution in [0.25, 0.3) is 22.2 Å². The Kier molecular flexibility index (Phi) is 9.59. The summed E-state index contributed by atoms with van der Waals surface area (Å²) < 4.78 is 24.9. The van der Waals surface area contributed by atoms with Gasteiger partial charge in [-0.15, -0.1) is 0 Å². The number of aromatic nitrogens is 2. The van der Waals surface area contributed by atoms with Crippen LogP contribution in [0.2, 0.25) is 5.02 Å². The molecule has 0 radical (unpaired) electrons. The third-order valence-electron chi connectivity index (χ3n) is 5.56. The molecule has 2 aromatic carbocycles. The molecule has 0 saturated carbocycles. The number of hydrogen-bond donors (Lipinski definition) is 2. The molecule has 0 saturated heterocycles. The van der Waals surface area contributed by atoms with Crippen molar-refractivity contribution in [3.05, 3.63) is 102 Å². The van der Waals surface area contributed by atoms with Crippen LogP contribution in [0.15, 0.2) is 96.0 Å². The van der Waals surface area contributed by atoms with Gasteiger partial charge in [-0.05, 0) is 66.4 Å². The van der Waals surface area contributed by atoms with E-state index in [-0.39, 0.29) is 6.61 Å². The molecule has 196 valence electrons. The summed E-state index contributed by atoms with van der Waals surface area (Å²) in [5.41, 5.74) is 2.99. The molecule has 0 unspecified atom stereocenters. The summed E-state index contributed by atoms with van der Waals surface area (Å²) in [4.78, 5) is 8.85. The molecule has 0 bridgehead atoms. The van der Waals surface area contributed by atoms with E-state index in [2.05, 4.69) is 40.0 Å². The summed E-state index contributed by atoms with van der Waals surface area (Å²) in [6.07, 6.45) is 6.37. The molecule has 0 spiro atoms. The van der Waals surface area contributed by atoms with Gasteiger partial charge in [-0.1, -0.05) is 30.8 Å². The highest BCUT2D eigenvalue weighted by molar-refractivity contribution is 7.98. The van der Waals surface area contributed by atoms with Gasteiger partial charge in [0.1, 0.15) is 41.8 Å². The van der Waals surface area contributed by atoms with Gasteiger partial charge in [0.05, 0.1) is 17.1 Å². The molecule has 0 fully saturated rings. The summed E-state index contributed by atoms with van der Waals surface area (Å²) >= 11 is 8.26. The first kappa shape index (κ1) is 27.4. The lowest BCUT2D eigenvalue weighted by molar-refractivity contribution is 0.355. The lowest BCUT2D eigenvalue weighted by Crippen LogP contribution is -2.15. The first-order valence-electron chi connectivity index (χ1n) is 11.9. The van der Waals surface area contributed by atoms with Gasteiger partial charge in [-0.2, -0.15) is 11.8 Å². The Hall–Kier alpha value is -3.59. The number of ether oxygens (including phenoxy) is 1. The number of anilines is 2. The molecule has 4 aromatic rings. The van der Waals surface area contributed by atoms with Gasteiger partial charge >= 0.3 is 0 Å². The van der Waals surface area contributed by atoms with Gasteiger partial charge in [0.2, 0.25) is 0 Å². The number of nitrogens with one attached hydrogen (secondary N) is 2. The predicted molar refractivity (Wildman–Crippen MR) is 156 cm³/mol. The van der Waals surface area contributed by atoms with Crippen LogP contribution in [0.5, 0.6) is 5.75 Å². The SMILES string of the molecule is C=C/C(=C\C(=C)F)COc1ccc(Nc2ncnc3ccc(-c4ccc(CNCCSC)o4)cc23)cc1Cl. The largest absolute Gasteiger partial charge is 0.487 e. The number of allylic oxidation sites excluding steroid dienone is 2. The number of thioether (sulfide) groups is 1. The van der Waals surface area contributed by atoms with Crippen LogP contribution >= 0.6 is 23.4 Å². The topological polar surface area (TPSA) is 72.2 Å². The molecule has 0 amide bonds. The maximum absolute atomic E-state index is 13.1. The van der Waals surface area contributed by atoms with Gasteiger partial charge < -0.3 is 19.8 Å². The van der Waals surface area contributed by atoms with Crippen molar-refractivity contribution in [2.24, 2.45) is 0 Å². The van der Waals surface area contributed by atoms with Crippen molar-refractivity contribution in [2.45, 2.75) is 6.54 Å². The van der Waals surface area contributed by atoms with Crippen LogP contribution in [-0.4, -0.2) is 35.1 Å². The molecular formula is C29H28ClFN4O2S. The van der Waals surface area contributed by atoms with Crippen molar-refractivity contribution in [2.75, 3.05) is 30.5 Å². The molecule has 2 aromatic heterocycles. The number of hydrogen-bond acceptors (Lipinski definition) is 7. The number of nitrogens with zero attached hydrogens (tertiary/aromatic N) is 2. The van der Waals surface area contributed by atoms with Gasteiger partial charge in [-0.25, -0.2) is 14.4 Å². The zero-order valence-corrected chi connectivity index (χ0v) is 22.5. The van der Waals surface area contributed by atoms with Gasteiger partial charge in [0, 0.05) is 28.9 Å². The Labute approximate surface area is 230 Å². The lowest BCUT2D eigenvalue weighted by atomic mass is 10.1. The molecule has 9 heteroatoms. The summed E-state index contributed by atoms with van der Waals surface area (Å²) in [6, 6.07) is 15.2. The molecule has 2 N–H and O–H groups in total. The van der Waals surface area contributed by atoms with E-state index in [0.29, 0.717) is 28.7 Å². The van der Waals surface area contributed by atoms with Crippen LogP contribution in [0, 0.1) is 0 Å². The maximum atomic E-state index is 13.1. The second kappa shape index (κ2) is 13.3. The van der Waals surface area contributed by atoms with Gasteiger partial charge in [-0.3, -0.25) is 0 Å². The molecule has 4 rings (SSSR count). The fourth-order valence-corrected chi connectivity index (χ4v) is 4.26. The highest BCUT2D eigenvalue weighted by Crippen LogP contribution is 2.32. The summed E-state index contributed by atoms with van der Waals surface area (Å²) in [5.74, 6) is 3.23. The highest BCUT2D eigenvalue weighted by Gasteiger charge is 2.11. The van der Waals surface area contributed by atoms with Crippen molar-refractivity contribution in [1.82, 2.24) is 15.3 Å². The van der Waals surface area contributed by atoms with E-state index < -0.39 is 5.83 Å². The summed E-state index contributed by atoms with van der Waals surface area (Å²) in [6.45, 7) is 8.61. The average molecular weight is 551 g/mol. The minimum absolute atomic E-state index is 0.112. The van der Waals surface area contributed by atoms with E-state index in [1.165, 1.54) is 18.5 Å². The fraction of sp³-hybridized carbons (Fsp3) is 0.172. The standard InChI is InChI=1S/C29H28ClFN4O2S/c1-4-20(13-19(2)31)17-36-28-9-6-22(15-25(28)30)35-29-24-14-21(5-8-26(24)33-18-34-29)27-10-7-23(37-27)16-32-11-12-38-3/h4-10,13-15,18,32H,1-2,11-12,16-17H2,3H3,(H,33,34,35)/b20-13+. The predicted octanol–water partition coefficient (Wildman–Crippen LogP) is 7.71. The minimum Gasteiger partial charge on any atom is -0.487 e. The molecule has 0 aliphatic rings. The molecule has 2 heterocycles. The Morgan fingerprint density at radius 1 is 1.18 bits per heavy atom. The van der Waals surface area contributed by atoms with Crippen molar-refractivity contribution in [3.63, 3.8) is 0 Å². The van der Waals surface area contributed by atoms with E-state index in [1.807, 2.05) is 36.4 Å². The van der Waals surface area contributed by atoms with E-state index >= 15 is 0 Å². The van der Waals surface area contributed by atoms with E-state index in [1.54, 1.807) is 23.9 Å². The van der Waals surface area contributed by atoms with E-state index in [9.17, 15) is 4.39 Å². The zero-order valence-electron chi connectivity index (χ0n) is 21.0.